The van der Waals surface area contributed by atoms with E-state index in [2.05, 4.69) is 33.9 Å². The summed E-state index contributed by atoms with van der Waals surface area (Å²) in [7, 11) is -1.76. The first-order chi connectivity index (χ1) is 43.7. The molecule has 89 heavy (non-hydrogen) atoms. The Kier molecular flexibility index (Phi) is 4.99. The molecule has 33 rings (SSSR count). The molecule has 1 fully saturated rings. The average molecular weight is 1160 g/mol. The van der Waals surface area contributed by atoms with E-state index in [-0.39, 0.29) is 17.6 Å². The summed E-state index contributed by atoms with van der Waals surface area (Å²) in [6, 6.07) is 0. The van der Waals surface area contributed by atoms with Crippen molar-refractivity contribution >= 4 is 305 Å². The summed E-state index contributed by atoms with van der Waals surface area (Å²) in [5.41, 5.74) is 4.89. The average Bonchev–Trinajstić information content (AvgIpc) is 1.37. The molecule has 0 amide bonds. The van der Waals surface area contributed by atoms with Crippen LogP contribution in [0.15, 0.2) is 0 Å². The third-order valence-corrected chi connectivity index (χ3v) is 33.5. The van der Waals surface area contributed by atoms with Crippen LogP contribution in [0.4, 0.5) is 0 Å². The van der Waals surface area contributed by atoms with Gasteiger partial charge in [-0.1, -0.05) is 20.8 Å². The van der Waals surface area contributed by atoms with Gasteiger partial charge in [-0.3, -0.25) is 4.79 Å². The molecule has 0 saturated heterocycles. The van der Waals surface area contributed by atoms with Crippen molar-refractivity contribution in [2.45, 2.75) is 49.7 Å². The molecule has 0 heterocycles. The van der Waals surface area contributed by atoms with E-state index in [4.69, 9.17) is 32.8 Å². The maximum absolute atomic E-state index is 16.6. The van der Waals surface area contributed by atoms with Crippen LogP contribution in [0.3, 0.4) is 0 Å². The van der Waals surface area contributed by atoms with Gasteiger partial charge in [0.2, 0.25) is 0 Å². The van der Waals surface area contributed by atoms with E-state index < -0.39 is 25.1 Å². The molecular weight excluding hydrogens is 1120 g/mol. The first-order valence-electron chi connectivity index (χ1n) is 33.2. The minimum absolute atomic E-state index is 0.0415. The molecule has 5 aliphatic carbocycles. The van der Waals surface area contributed by atoms with Crippen molar-refractivity contribution in [2.75, 3.05) is 79.3 Å². The molecule has 412 valence electrons. The number of ether oxygens (including phenoxy) is 6. The molecule has 2 spiro atoms. The molecular formula is C80H40O8Si. The lowest BCUT2D eigenvalue weighted by Gasteiger charge is -2.36. The van der Waals surface area contributed by atoms with Gasteiger partial charge in [-0.05, 0) is 331 Å². The lowest BCUT2D eigenvalue weighted by molar-refractivity contribution is -0.147. The Morgan fingerprint density at radius 3 is 0.607 bits per heavy atom. The molecule has 0 bridgehead atoms. The second-order valence-corrected chi connectivity index (χ2v) is 36.4. The number of carbonyl (C=O) groups excluding carboxylic acids is 1. The van der Waals surface area contributed by atoms with E-state index in [9.17, 15) is 0 Å². The lowest BCUT2D eigenvalue weighted by atomic mass is 9.68. The van der Waals surface area contributed by atoms with Gasteiger partial charge in [0.05, 0.1) is 89.4 Å². The number of carbonyl (C=O) groups is 1. The van der Waals surface area contributed by atoms with E-state index in [0.29, 0.717) is 72.7 Å². The zero-order valence-electron chi connectivity index (χ0n) is 48.8. The molecule has 9 heteroatoms. The zero-order valence-corrected chi connectivity index (χ0v) is 49.8. The largest absolute Gasteiger partial charge is 0.463 e. The summed E-state index contributed by atoms with van der Waals surface area (Å²) in [5, 5.41) is 84.8. The molecule has 0 aliphatic heterocycles. The molecule has 0 unspecified atom stereocenters. The van der Waals surface area contributed by atoms with E-state index >= 15 is 4.79 Å². The molecule has 0 radical (unpaired) electrons. The second kappa shape index (κ2) is 10.8. The molecule has 28 aromatic carbocycles. The molecule has 0 N–H and O–H groups in total. The molecule has 8 nitrogen and oxygen atoms in total. The molecule has 0 atom stereocenters. The predicted molar refractivity (Wildman–Crippen MR) is 366 cm³/mol. The summed E-state index contributed by atoms with van der Waals surface area (Å²) >= 11 is 0. The van der Waals surface area contributed by atoms with Gasteiger partial charge in [-0.25, -0.2) is 0 Å². The Labute approximate surface area is 497 Å². The Morgan fingerprint density at radius 2 is 0.427 bits per heavy atom. The molecule has 0 aromatic heterocycles. The standard InChI is InChI=1S/C80H40O8Si/c1-78(2,3)89(4,5)88-17-15-86-13-11-84-9-7-82-6-8-83-10-12-85-14-16-87-77(81)76-79-72-64-56-46-36-28-20-18-19-22-26-24(20)32-40-34(26)44-38-30(22)31-23(19)27-25-21(18)29(28)37-43-33(25)41-35(27)45-39(31)49-48(38)58-52(44)62-54(40)60(50(56)42(32)36)68(72)70(62)74-66(58)67-59(49)53(45)63-55(41)61-51(43)57(47(37)46)65(64)73(79)69(61)71(63)75(67)80(74,76)79/h76H,6-17H2,1-5H3. The van der Waals surface area contributed by atoms with Crippen molar-refractivity contribution in [3.63, 3.8) is 0 Å². The van der Waals surface area contributed by atoms with Gasteiger partial charge >= 0.3 is 5.97 Å². The summed E-state index contributed by atoms with van der Waals surface area (Å²) < 4.78 is 42.6. The minimum atomic E-state index is -1.76. The highest BCUT2D eigenvalue weighted by Crippen LogP contribution is 2.92. The van der Waals surface area contributed by atoms with Gasteiger partial charge in [0.25, 0.3) is 0 Å². The highest BCUT2D eigenvalue weighted by molar-refractivity contribution is 6.82. The monoisotopic (exact) mass is 1160 g/mol. The fraction of sp³-hybridized carbons (Fsp3) is 0.263. The van der Waals surface area contributed by atoms with Gasteiger partial charge in [-0.2, -0.15) is 0 Å². The van der Waals surface area contributed by atoms with E-state index in [1.54, 1.807) is 205 Å². The molecule has 5 aliphatic rings. The van der Waals surface area contributed by atoms with E-state index in [1.165, 1.54) is 108 Å². The maximum atomic E-state index is 16.6. The van der Waals surface area contributed by atoms with Gasteiger partial charge in [0, 0.05) is 0 Å². The van der Waals surface area contributed by atoms with Gasteiger partial charge in [0.1, 0.15) is 6.61 Å². The van der Waals surface area contributed by atoms with Gasteiger partial charge in [-0.15, -0.1) is 0 Å². The van der Waals surface area contributed by atoms with Crippen LogP contribution < -0.4 is 0 Å². The fourth-order valence-electron chi connectivity index (χ4n) is 26.6. The van der Waals surface area contributed by atoms with Crippen molar-refractivity contribution in [2.24, 2.45) is 5.92 Å². The van der Waals surface area contributed by atoms with Crippen molar-refractivity contribution < 1.29 is 37.6 Å². The Balaban J connectivity index is 0.589. The highest BCUT2D eigenvalue weighted by Gasteiger charge is 2.89. The molecule has 28 aromatic rings. The number of rotatable bonds is 20. The third-order valence-electron chi connectivity index (χ3n) is 28.9. The second-order valence-electron chi connectivity index (χ2n) is 31.6. The Hall–Kier alpha value is -8.09. The van der Waals surface area contributed by atoms with Crippen LogP contribution in [0.2, 0.25) is 18.1 Å². The fourth-order valence-corrected chi connectivity index (χ4v) is 27.6. The van der Waals surface area contributed by atoms with Crippen molar-refractivity contribution in [3.05, 3.63) is 22.3 Å². The van der Waals surface area contributed by atoms with Crippen LogP contribution in [-0.4, -0.2) is 93.6 Å². The number of benzene rings is 18. The summed E-state index contributed by atoms with van der Waals surface area (Å²) in [5.74, 6) is -0.441. The predicted octanol–water partition coefficient (Wildman–Crippen LogP) is 18.6. The Morgan fingerprint density at radius 1 is 0.270 bits per heavy atom. The van der Waals surface area contributed by atoms with Crippen LogP contribution in [0.25, 0.3) is 291 Å². The van der Waals surface area contributed by atoms with Gasteiger partial charge in [0.15, 0.2) is 8.32 Å². The molecule has 1 saturated carbocycles. The summed E-state index contributed by atoms with van der Waals surface area (Å²) in [6.07, 6.45) is 0. The summed E-state index contributed by atoms with van der Waals surface area (Å²) in [4.78, 5) is 16.6. The van der Waals surface area contributed by atoms with Crippen molar-refractivity contribution in [1.29, 1.82) is 0 Å². The first-order valence-corrected chi connectivity index (χ1v) is 36.1. The topological polar surface area (TPSA) is 81.7 Å². The highest BCUT2D eigenvalue weighted by atomic mass is 28.4. The minimum Gasteiger partial charge on any atom is -0.463 e. The van der Waals surface area contributed by atoms with Crippen LogP contribution in [0, 0.1) is 5.92 Å². The zero-order chi connectivity index (χ0) is 56.1. The maximum Gasteiger partial charge on any atom is 0.311 e. The van der Waals surface area contributed by atoms with Crippen LogP contribution >= 0.6 is 0 Å². The van der Waals surface area contributed by atoms with Crippen LogP contribution in [-0.2, 0) is 48.5 Å². The van der Waals surface area contributed by atoms with E-state index in [0.717, 1.165) is 0 Å². The number of hydrogen-bond acceptors (Lipinski definition) is 8. The van der Waals surface area contributed by atoms with Crippen molar-refractivity contribution in [1.82, 2.24) is 0 Å². The normalized spacial score (nSPS) is 21.2. The van der Waals surface area contributed by atoms with Crippen molar-refractivity contribution in [3.8, 4) is 0 Å². The van der Waals surface area contributed by atoms with Gasteiger partial charge < -0.3 is 32.8 Å². The number of hydrogen-bond donors (Lipinski definition) is 0. The number of esters is 1. The smallest absolute Gasteiger partial charge is 0.311 e. The summed E-state index contributed by atoms with van der Waals surface area (Å²) in [6.45, 7) is 16.9. The van der Waals surface area contributed by atoms with E-state index in [1.807, 2.05) is 0 Å². The van der Waals surface area contributed by atoms with Crippen LogP contribution in [0.5, 0.6) is 0 Å². The third kappa shape index (κ3) is 2.87. The quantitative estimate of drug-likeness (QED) is 0.0323. The van der Waals surface area contributed by atoms with Crippen LogP contribution in [0.1, 0.15) is 43.0 Å². The lowest BCUT2D eigenvalue weighted by Crippen LogP contribution is -2.41. The first kappa shape index (κ1) is 41.3. The Bertz CT molecular complexity index is 7120. The SMILES string of the molecule is CC(C)(C)[Si](C)(C)OCCOCCOCCOCCOCCOCCOC(=O)C1C23c4c5c6c7c8c9c(c%10c%11c2c2c4c4c%12c5c5c6c6c8c8c%13c9c9c%10c%10c%11c%11c2c2c4c4c%12c%12c5c5c6c8c6c8c%13c9c9c%10c%10c%11c2c2c4c4c%12c5c6c5c8c9c%10c2c45)C713.